The molecule has 7 nitrogen and oxygen atoms in total. The smallest absolute Gasteiger partial charge is 0.267 e. The van der Waals surface area contributed by atoms with E-state index in [-0.39, 0.29) is 11.5 Å². The van der Waals surface area contributed by atoms with Crippen molar-refractivity contribution in [2.75, 3.05) is 24.3 Å². The van der Waals surface area contributed by atoms with E-state index in [1.54, 1.807) is 25.3 Å². The van der Waals surface area contributed by atoms with Crippen molar-refractivity contribution in [2.45, 2.75) is 24.3 Å². The van der Waals surface area contributed by atoms with Crippen molar-refractivity contribution in [3.63, 3.8) is 0 Å². The van der Waals surface area contributed by atoms with Crippen LogP contribution in [0.25, 0.3) is 16.7 Å². The van der Waals surface area contributed by atoms with Gasteiger partial charge in [-0.15, -0.1) is 0 Å². The monoisotopic (exact) mass is 459 g/mol. The van der Waals surface area contributed by atoms with E-state index in [0.717, 1.165) is 11.3 Å². The van der Waals surface area contributed by atoms with E-state index >= 15 is 0 Å². The lowest BCUT2D eigenvalue weighted by atomic mass is 10.2. The van der Waals surface area contributed by atoms with Crippen LogP contribution < -0.4 is 15.8 Å². The lowest BCUT2D eigenvalue weighted by Crippen LogP contribution is -2.26. The van der Waals surface area contributed by atoms with E-state index in [4.69, 9.17) is 4.98 Å². The molecule has 2 aromatic carbocycles. The van der Waals surface area contributed by atoms with Crippen LogP contribution in [0.2, 0.25) is 0 Å². The minimum absolute atomic E-state index is 0.177. The second-order valence-electron chi connectivity index (χ2n) is 7.93. The zero-order chi connectivity index (χ0) is 23.5. The first kappa shape index (κ1) is 22.5. The molecule has 0 fully saturated rings. The molecule has 0 bridgehead atoms. The summed E-state index contributed by atoms with van der Waals surface area (Å²) in [5.41, 5.74) is 3.10. The zero-order valence-electron chi connectivity index (χ0n) is 18.9. The quantitative estimate of drug-likeness (QED) is 0.343. The number of aryl methyl sites for hydroxylation is 1. The summed E-state index contributed by atoms with van der Waals surface area (Å²) in [6.07, 6.45) is 1.66. The maximum atomic E-state index is 13.4. The summed E-state index contributed by atoms with van der Waals surface area (Å²) in [4.78, 5) is 37.4. The molecule has 168 valence electrons. The fourth-order valence-electron chi connectivity index (χ4n) is 3.33. The Labute approximate surface area is 196 Å². The summed E-state index contributed by atoms with van der Waals surface area (Å²) in [7, 11) is 3.93. The Morgan fingerprint density at radius 2 is 1.82 bits per heavy atom. The highest BCUT2D eigenvalue weighted by molar-refractivity contribution is 8.00. The molecule has 0 aliphatic carbocycles. The number of nitrogens with zero attached hydrogens (tertiary/aromatic N) is 4. The van der Waals surface area contributed by atoms with Crippen LogP contribution >= 0.6 is 11.8 Å². The van der Waals surface area contributed by atoms with Crippen LogP contribution in [0.5, 0.6) is 0 Å². The van der Waals surface area contributed by atoms with Gasteiger partial charge in [0.05, 0.1) is 16.2 Å². The molecule has 2 aromatic heterocycles. The number of thioether (sulfide) groups is 1. The maximum absolute atomic E-state index is 13.4. The number of nitrogens with one attached hydrogen (secondary N) is 1. The van der Waals surface area contributed by atoms with Crippen molar-refractivity contribution in [3.8, 4) is 5.82 Å². The molecule has 4 aromatic rings. The lowest BCUT2D eigenvalue weighted by Gasteiger charge is -2.17. The molecule has 1 N–H and O–H groups in total. The van der Waals surface area contributed by atoms with Gasteiger partial charge in [0.1, 0.15) is 5.82 Å². The van der Waals surface area contributed by atoms with E-state index < -0.39 is 5.25 Å². The molecule has 0 aliphatic rings. The normalized spacial score (nSPS) is 11.9. The fourth-order valence-corrected chi connectivity index (χ4v) is 4.25. The first-order valence-electron chi connectivity index (χ1n) is 10.5. The Balaban J connectivity index is 1.66. The average molecular weight is 460 g/mol. The summed E-state index contributed by atoms with van der Waals surface area (Å²) in [5, 5.41) is 3.36. The molecule has 0 radical (unpaired) electrons. The highest BCUT2D eigenvalue weighted by Crippen LogP contribution is 2.26. The molecule has 1 atom stereocenters. The predicted molar refractivity (Wildman–Crippen MR) is 135 cm³/mol. The highest BCUT2D eigenvalue weighted by Gasteiger charge is 2.21. The fraction of sp³-hybridized carbons (Fsp3) is 0.200. The first-order valence-corrected chi connectivity index (χ1v) is 11.4. The summed E-state index contributed by atoms with van der Waals surface area (Å²) in [6.45, 7) is 3.73. The van der Waals surface area contributed by atoms with Crippen molar-refractivity contribution in [3.05, 3.63) is 82.8 Å². The number of anilines is 2. The van der Waals surface area contributed by atoms with Gasteiger partial charge < -0.3 is 10.2 Å². The molecule has 0 saturated carbocycles. The third kappa shape index (κ3) is 4.90. The summed E-state index contributed by atoms with van der Waals surface area (Å²) < 4.78 is 1.48. The van der Waals surface area contributed by atoms with Gasteiger partial charge in [-0.05, 0) is 67.9 Å². The molecule has 0 spiro atoms. The summed E-state index contributed by atoms with van der Waals surface area (Å²) in [6, 6.07) is 18.5. The molecule has 0 saturated heterocycles. The number of hydrogen-bond acceptors (Lipinski definition) is 6. The minimum atomic E-state index is -0.498. The standard InChI is InChI=1S/C25H25N5O2S/c1-16-13-14-26-22(15-16)30-24(32)20-7-5-6-8-21(20)28-25(30)33-17(2)23(31)27-18-9-11-19(12-10-18)29(3)4/h5-15,17H,1-4H3,(H,27,31). The Kier molecular flexibility index (Phi) is 6.46. The maximum Gasteiger partial charge on any atom is 0.267 e. The summed E-state index contributed by atoms with van der Waals surface area (Å²) >= 11 is 1.23. The van der Waals surface area contributed by atoms with Crippen molar-refractivity contribution >= 4 is 39.9 Å². The van der Waals surface area contributed by atoms with E-state index in [2.05, 4.69) is 10.3 Å². The Morgan fingerprint density at radius 3 is 2.52 bits per heavy atom. The van der Waals surface area contributed by atoms with E-state index in [1.165, 1.54) is 16.3 Å². The van der Waals surface area contributed by atoms with Crippen LogP contribution in [0.4, 0.5) is 11.4 Å². The molecule has 33 heavy (non-hydrogen) atoms. The number of para-hydroxylation sites is 1. The number of carbonyl (C=O) groups excluding carboxylic acids is 1. The zero-order valence-corrected chi connectivity index (χ0v) is 19.8. The van der Waals surface area contributed by atoms with Crippen molar-refractivity contribution in [2.24, 2.45) is 0 Å². The SMILES string of the molecule is Cc1ccnc(-n2c(SC(C)C(=O)Nc3ccc(N(C)C)cc3)nc3ccccc3c2=O)c1. The molecular formula is C25H25N5O2S. The van der Waals surface area contributed by atoms with Crippen LogP contribution in [0, 0.1) is 6.92 Å². The number of benzene rings is 2. The molecule has 8 heteroatoms. The predicted octanol–water partition coefficient (Wildman–Crippen LogP) is 4.27. The summed E-state index contributed by atoms with van der Waals surface area (Å²) in [5.74, 6) is 0.302. The number of fused-ring (bicyclic) bond motifs is 1. The van der Waals surface area contributed by atoms with Crippen molar-refractivity contribution in [1.82, 2.24) is 14.5 Å². The Morgan fingerprint density at radius 1 is 1.09 bits per heavy atom. The lowest BCUT2D eigenvalue weighted by molar-refractivity contribution is -0.115. The highest BCUT2D eigenvalue weighted by atomic mass is 32.2. The van der Waals surface area contributed by atoms with Crippen LogP contribution in [-0.2, 0) is 4.79 Å². The largest absolute Gasteiger partial charge is 0.378 e. The molecular weight excluding hydrogens is 434 g/mol. The molecule has 2 heterocycles. The van der Waals surface area contributed by atoms with Gasteiger partial charge in [-0.25, -0.2) is 14.5 Å². The van der Waals surface area contributed by atoms with Crippen LogP contribution in [0.15, 0.2) is 76.8 Å². The van der Waals surface area contributed by atoms with Crippen LogP contribution in [0.1, 0.15) is 12.5 Å². The number of rotatable bonds is 6. The van der Waals surface area contributed by atoms with Crippen LogP contribution in [0.3, 0.4) is 0 Å². The van der Waals surface area contributed by atoms with Gasteiger partial charge in [0.15, 0.2) is 5.16 Å². The Hall–Kier alpha value is -3.65. The molecule has 0 aliphatic heterocycles. The number of aromatic nitrogens is 3. The van der Waals surface area contributed by atoms with E-state index in [1.807, 2.05) is 74.4 Å². The number of hydrogen-bond donors (Lipinski definition) is 1. The Bertz CT molecular complexity index is 1370. The first-order chi connectivity index (χ1) is 15.8. The minimum Gasteiger partial charge on any atom is -0.378 e. The van der Waals surface area contributed by atoms with Gasteiger partial charge in [-0.2, -0.15) is 0 Å². The van der Waals surface area contributed by atoms with E-state index in [0.29, 0.717) is 27.6 Å². The number of carbonyl (C=O) groups is 1. The third-order valence-corrected chi connectivity index (χ3v) is 6.23. The van der Waals surface area contributed by atoms with Crippen LogP contribution in [-0.4, -0.2) is 39.8 Å². The molecule has 1 amide bonds. The van der Waals surface area contributed by atoms with E-state index in [9.17, 15) is 9.59 Å². The second-order valence-corrected chi connectivity index (χ2v) is 9.24. The number of pyridine rings is 1. The topological polar surface area (TPSA) is 80.1 Å². The van der Waals surface area contributed by atoms with Gasteiger partial charge in [-0.3, -0.25) is 9.59 Å². The van der Waals surface area contributed by atoms with Crippen molar-refractivity contribution < 1.29 is 4.79 Å². The second kappa shape index (κ2) is 9.46. The average Bonchev–Trinajstić information content (AvgIpc) is 2.79. The number of amides is 1. The third-order valence-electron chi connectivity index (χ3n) is 5.18. The van der Waals surface area contributed by atoms with Crippen molar-refractivity contribution in [1.29, 1.82) is 0 Å². The van der Waals surface area contributed by atoms with Gasteiger partial charge in [0, 0.05) is 31.7 Å². The van der Waals surface area contributed by atoms with Gasteiger partial charge in [-0.1, -0.05) is 23.9 Å². The molecule has 1 unspecified atom stereocenters. The van der Waals surface area contributed by atoms with Gasteiger partial charge >= 0.3 is 0 Å². The molecule has 4 rings (SSSR count). The van der Waals surface area contributed by atoms with Gasteiger partial charge in [0.25, 0.3) is 5.56 Å². The van der Waals surface area contributed by atoms with Gasteiger partial charge in [0.2, 0.25) is 5.91 Å².